The summed E-state index contributed by atoms with van der Waals surface area (Å²) in [4.78, 5) is 10.9. The van der Waals surface area contributed by atoms with Gasteiger partial charge in [0.2, 0.25) is 0 Å². The zero-order valence-corrected chi connectivity index (χ0v) is 7.79. The Bertz CT molecular complexity index is 319. The monoisotopic (exact) mass is 183 g/mol. The highest BCUT2D eigenvalue weighted by Gasteiger charge is 1.97. The number of hydrogen-bond donors (Lipinski definition) is 1. The van der Waals surface area contributed by atoms with Crippen molar-refractivity contribution in [1.29, 1.82) is 0 Å². The summed E-state index contributed by atoms with van der Waals surface area (Å²) in [5, 5.41) is 2.94. The molecule has 1 N–H and O–H groups in total. The molecule has 1 rings (SSSR count). The number of ether oxygens (including phenoxy) is 1. The van der Waals surface area contributed by atoms with Crippen LogP contribution in [-0.4, -0.2) is 20.2 Å². The molecule has 0 radical (unpaired) electrons. The lowest BCUT2D eigenvalue weighted by Crippen LogP contribution is -2.16. The summed E-state index contributed by atoms with van der Waals surface area (Å²) in [5.74, 6) is 1.12. The first-order valence-electron chi connectivity index (χ1n) is 4.11. The molecule has 0 amide bonds. The molecule has 1 aromatic rings. The number of hydrogen-bond acceptors (Lipinski definition) is 4. The van der Waals surface area contributed by atoms with E-state index in [0.29, 0.717) is 18.1 Å². The average molecular weight is 183 g/mol. The lowest BCUT2D eigenvalue weighted by Gasteiger charge is -2.04. The summed E-state index contributed by atoms with van der Waals surface area (Å²) in [7, 11) is 1.84. The maximum atomic E-state index is 10.9. The highest BCUT2D eigenvalue weighted by atomic mass is 16.5. The Morgan fingerprint density at radius 1 is 1.54 bits per heavy atom. The van der Waals surface area contributed by atoms with Crippen LogP contribution in [0.25, 0.3) is 0 Å². The first-order valence-corrected chi connectivity index (χ1v) is 4.11. The van der Waals surface area contributed by atoms with Crippen LogP contribution in [0.5, 0.6) is 5.75 Å². The molecule has 0 bridgehead atoms. The van der Waals surface area contributed by atoms with Crippen LogP contribution in [0.2, 0.25) is 0 Å². The fraction of sp³-hybridized carbons (Fsp3) is 0.444. The van der Waals surface area contributed by atoms with Crippen LogP contribution in [0, 0.1) is 6.92 Å². The van der Waals surface area contributed by atoms with Crippen molar-refractivity contribution in [2.45, 2.75) is 6.92 Å². The molecule has 0 aliphatic rings. The van der Waals surface area contributed by atoms with Crippen molar-refractivity contribution < 1.29 is 9.15 Å². The van der Waals surface area contributed by atoms with E-state index in [9.17, 15) is 4.79 Å². The van der Waals surface area contributed by atoms with E-state index < -0.39 is 0 Å². The van der Waals surface area contributed by atoms with Crippen LogP contribution >= 0.6 is 0 Å². The summed E-state index contributed by atoms with van der Waals surface area (Å²) >= 11 is 0. The second-order valence-electron chi connectivity index (χ2n) is 2.67. The highest BCUT2D eigenvalue weighted by molar-refractivity contribution is 5.19. The van der Waals surface area contributed by atoms with E-state index >= 15 is 0 Å². The SMILES string of the molecule is CNCCOc1cc(C)oc(=O)c1. The molecule has 0 unspecified atom stereocenters. The molecular formula is C9H13NO3. The first kappa shape index (κ1) is 9.80. The van der Waals surface area contributed by atoms with E-state index in [2.05, 4.69) is 5.32 Å². The summed E-state index contributed by atoms with van der Waals surface area (Å²) in [6.45, 7) is 3.00. The lowest BCUT2D eigenvalue weighted by molar-refractivity contribution is 0.312. The molecule has 0 aromatic carbocycles. The van der Waals surface area contributed by atoms with Crippen LogP contribution in [0.15, 0.2) is 21.3 Å². The van der Waals surface area contributed by atoms with Gasteiger partial charge in [-0.2, -0.15) is 0 Å². The topological polar surface area (TPSA) is 51.5 Å². The van der Waals surface area contributed by atoms with Crippen LogP contribution in [-0.2, 0) is 0 Å². The van der Waals surface area contributed by atoms with Gasteiger partial charge >= 0.3 is 5.63 Å². The van der Waals surface area contributed by atoms with Gasteiger partial charge in [0, 0.05) is 12.6 Å². The Kier molecular flexibility index (Phi) is 3.52. The quantitative estimate of drug-likeness (QED) is 0.692. The van der Waals surface area contributed by atoms with Crippen molar-refractivity contribution in [3.63, 3.8) is 0 Å². The van der Waals surface area contributed by atoms with Gasteiger partial charge in [0.25, 0.3) is 0 Å². The first-order chi connectivity index (χ1) is 6.22. The molecule has 0 saturated heterocycles. The Balaban J connectivity index is 2.61. The molecule has 0 fully saturated rings. The summed E-state index contributed by atoms with van der Waals surface area (Å²) in [6.07, 6.45) is 0. The Hall–Kier alpha value is -1.29. The zero-order valence-electron chi connectivity index (χ0n) is 7.79. The van der Waals surface area contributed by atoms with Crippen LogP contribution in [0.1, 0.15) is 5.76 Å². The maximum absolute atomic E-state index is 10.9. The molecule has 13 heavy (non-hydrogen) atoms. The van der Waals surface area contributed by atoms with Crippen molar-refractivity contribution >= 4 is 0 Å². The van der Waals surface area contributed by atoms with Gasteiger partial charge in [0.05, 0.1) is 6.07 Å². The Morgan fingerprint density at radius 2 is 2.31 bits per heavy atom. The van der Waals surface area contributed by atoms with Gasteiger partial charge in [0.15, 0.2) is 0 Å². The van der Waals surface area contributed by atoms with Gasteiger partial charge in [0.1, 0.15) is 18.1 Å². The molecule has 0 aliphatic heterocycles. The van der Waals surface area contributed by atoms with E-state index in [1.54, 1.807) is 13.0 Å². The van der Waals surface area contributed by atoms with Crippen molar-refractivity contribution in [3.05, 3.63) is 28.3 Å². The number of nitrogens with one attached hydrogen (secondary N) is 1. The van der Waals surface area contributed by atoms with E-state index in [4.69, 9.17) is 9.15 Å². The van der Waals surface area contributed by atoms with E-state index in [-0.39, 0.29) is 5.63 Å². The predicted octanol–water partition coefficient (Wildman–Crippen LogP) is 0.546. The van der Waals surface area contributed by atoms with E-state index in [0.717, 1.165) is 6.54 Å². The number of rotatable bonds is 4. The van der Waals surface area contributed by atoms with E-state index in [1.807, 2.05) is 7.05 Å². The molecule has 0 aliphatic carbocycles. The molecule has 0 spiro atoms. The van der Waals surface area contributed by atoms with Gasteiger partial charge in [-0.3, -0.25) is 0 Å². The lowest BCUT2D eigenvalue weighted by atomic mass is 10.4. The molecule has 4 nitrogen and oxygen atoms in total. The zero-order chi connectivity index (χ0) is 9.68. The fourth-order valence-electron chi connectivity index (χ4n) is 0.930. The van der Waals surface area contributed by atoms with Gasteiger partial charge in [-0.1, -0.05) is 0 Å². The van der Waals surface area contributed by atoms with Gasteiger partial charge < -0.3 is 14.5 Å². The minimum atomic E-state index is -0.376. The third-order valence-electron chi connectivity index (χ3n) is 1.49. The van der Waals surface area contributed by atoms with Crippen LogP contribution in [0.3, 0.4) is 0 Å². The largest absolute Gasteiger partial charge is 0.492 e. The highest BCUT2D eigenvalue weighted by Crippen LogP contribution is 2.08. The van der Waals surface area contributed by atoms with E-state index in [1.165, 1.54) is 6.07 Å². The minimum Gasteiger partial charge on any atom is -0.492 e. The third-order valence-corrected chi connectivity index (χ3v) is 1.49. The van der Waals surface area contributed by atoms with Crippen LogP contribution < -0.4 is 15.7 Å². The maximum Gasteiger partial charge on any atom is 0.339 e. The molecule has 0 atom stereocenters. The molecule has 1 aromatic heterocycles. The summed E-state index contributed by atoms with van der Waals surface area (Å²) in [6, 6.07) is 3.03. The number of aryl methyl sites for hydroxylation is 1. The van der Waals surface area contributed by atoms with Crippen LogP contribution in [0.4, 0.5) is 0 Å². The van der Waals surface area contributed by atoms with Crippen molar-refractivity contribution in [2.75, 3.05) is 20.2 Å². The number of likely N-dealkylation sites (N-methyl/N-ethyl adjacent to an activating group) is 1. The normalized spacial score (nSPS) is 10.0. The second kappa shape index (κ2) is 4.67. The molecule has 72 valence electrons. The van der Waals surface area contributed by atoms with Gasteiger partial charge in [-0.25, -0.2) is 4.79 Å². The Labute approximate surface area is 76.5 Å². The molecule has 1 heterocycles. The smallest absolute Gasteiger partial charge is 0.339 e. The average Bonchev–Trinajstić information content (AvgIpc) is 2.03. The standard InChI is InChI=1S/C9H13NO3/c1-7-5-8(6-9(11)13-7)12-4-3-10-2/h5-6,10H,3-4H2,1-2H3. The Morgan fingerprint density at radius 3 is 2.92 bits per heavy atom. The van der Waals surface area contributed by atoms with Crippen molar-refractivity contribution in [1.82, 2.24) is 5.32 Å². The predicted molar refractivity (Wildman–Crippen MR) is 49.1 cm³/mol. The minimum absolute atomic E-state index is 0.376. The van der Waals surface area contributed by atoms with Crippen molar-refractivity contribution in [2.24, 2.45) is 0 Å². The van der Waals surface area contributed by atoms with Gasteiger partial charge in [-0.05, 0) is 14.0 Å². The van der Waals surface area contributed by atoms with Crippen molar-refractivity contribution in [3.8, 4) is 5.75 Å². The van der Waals surface area contributed by atoms with Gasteiger partial charge in [-0.15, -0.1) is 0 Å². The molecule has 4 heteroatoms. The second-order valence-corrected chi connectivity index (χ2v) is 2.67. The fourth-order valence-corrected chi connectivity index (χ4v) is 0.930. The summed E-state index contributed by atoms with van der Waals surface area (Å²) < 4.78 is 10.1. The molecular weight excluding hydrogens is 170 g/mol. The summed E-state index contributed by atoms with van der Waals surface area (Å²) in [5.41, 5.74) is -0.376. The third kappa shape index (κ3) is 3.29. The molecule has 0 saturated carbocycles.